The van der Waals surface area contributed by atoms with Gasteiger partial charge in [-0.3, -0.25) is 4.98 Å². The van der Waals surface area contributed by atoms with E-state index in [1.165, 1.54) is 35.1 Å². The summed E-state index contributed by atoms with van der Waals surface area (Å²) in [6.07, 6.45) is 2.43. The standard InChI is InChI=1S/C18H19FN4O2S.C4H4O4/c1-12-4-6-14(19)8-17(12)23-18(9-15(22-23)10-20-3)26(24,25)16-7-5-13(2)21-11-16;5-3(6)1-2-4(7)8/h4-9,11,20H,10H2,1-3H3;1-2H,(H,5,6)(H,7,8)/b;2-1+. The molecule has 0 atom stereocenters. The fraction of sp³-hybridized carbons (Fsp3) is 0.182. The summed E-state index contributed by atoms with van der Waals surface area (Å²) in [6.45, 7) is 3.94. The van der Waals surface area contributed by atoms with Crippen LogP contribution in [0.5, 0.6) is 0 Å². The molecule has 0 radical (unpaired) electrons. The van der Waals surface area contributed by atoms with Crippen LogP contribution in [-0.4, -0.2) is 52.4 Å². The lowest BCUT2D eigenvalue weighted by Gasteiger charge is -2.11. The third-order valence-corrected chi connectivity index (χ3v) is 6.03. The number of benzene rings is 1. The van der Waals surface area contributed by atoms with Crippen molar-refractivity contribution in [2.24, 2.45) is 0 Å². The lowest BCUT2D eigenvalue weighted by Crippen LogP contribution is -2.12. The Balaban J connectivity index is 0.000000440. The van der Waals surface area contributed by atoms with E-state index in [1.54, 1.807) is 33.0 Å². The first-order valence-corrected chi connectivity index (χ1v) is 11.3. The van der Waals surface area contributed by atoms with E-state index in [-0.39, 0.29) is 9.92 Å². The van der Waals surface area contributed by atoms with Gasteiger partial charge in [0.15, 0.2) is 5.03 Å². The molecule has 3 rings (SSSR count). The SMILES string of the molecule is CNCc1cc(S(=O)(=O)c2ccc(C)nc2)n(-c2cc(F)ccc2C)n1.O=C(O)/C=C/C(=O)O. The highest BCUT2D eigenvalue weighted by molar-refractivity contribution is 7.91. The molecule has 2 heterocycles. The number of pyridine rings is 1. The number of aliphatic carboxylic acids is 2. The van der Waals surface area contributed by atoms with Crippen molar-refractivity contribution in [1.82, 2.24) is 20.1 Å². The summed E-state index contributed by atoms with van der Waals surface area (Å²) in [5.74, 6) is -2.98. The van der Waals surface area contributed by atoms with E-state index in [9.17, 15) is 22.4 Å². The Morgan fingerprint density at radius 2 is 1.74 bits per heavy atom. The molecule has 0 aliphatic rings. The van der Waals surface area contributed by atoms with E-state index in [0.29, 0.717) is 41.3 Å². The van der Waals surface area contributed by atoms with Gasteiger partial charge in [0.25, 0.3) is 0 Å². The summed E-state index contributed by atoms with van der Waals surface area (Å²) >= 11 is 0. The van der Waals surface area contributed by atoms with Crippen molar-refractivity contribution in [2.45, 2.75) is 30.3 Å². The zero-order valence-electron chi connectivity index (χ0n) is 18.6. The predicted molar refractivity (Wildman–Crippen MR) is 120 cm³/mol. The molecule has 0 fully saturated rings. The van der Waals surface area contributed by atoms with Gasteiger partial charge in [0.05, 0.1) is 16.3 Å². The number of aryl methyl sites for hydroxylation is 2. The lowest BCUT2D eigenvalue weighted by atomic mass is 10.2. The van der Waals surface area contributed by atoms with E-state index in [0.717, 1.165) is 0 Å². The van der Waals surface area contributed by atoms with Crippen LogP contribution in [0.4, 0.5) is 4.39 Å². The number of carbonyl (C=O) groups is 2. The highest BCUT2D eigenvalue weighted by Gasteiger charge is 2.26. The number of carboxylic acids is 2. The largest absolute Gasteiger partial charge is 0.478 e. The van der Waals surface area contributed by atoms with Crippen molar-refractivity contribution >= 4 is 21.8 Å². The minimum atomic E-state index is -3.87. The van der Waals surface area contributed by atoms with Crippen LogP contribution in [0.1, 0.15) is 17.0 Å². The number of carboxylic acid groups (broad SMARTS) is 2. The van der Waals surface area contributed by atoms with Crippen LogP contribution in [0.3, 0.4) is 0 Å². The Hall–Kier alpha value is -3.90. The fourth-order valence-corrected chi connectivity index (χ4v) is 4.07. The molecule has 0 amide bonds. The Bertz CT molecular complexity index is 1300. The number of nitrogens with zero attached hydrogens (tertiary/aromatic N) is 3. The molecule has 0 aliphatic heterocycles. The zero-order chi connectivity index (χ0) is 25.5. The van der Waals surface area contributed by atoms with Gasteiger partial charge in [-0.05, 0) is 50.7 Å². The number of hydrogen-bond donors (Lipinski definition) is 3. The predicted octanol–water partition coefficient (Wildman–Crippen LogP) is 2.29. The van der Waals surface area contributed by atoms with Crippen molar-refractivity contribution in [1.29, 1.82) is 0 Å². The molecule has 0 bridgehead atoms. The molecule has 10 nitrogen and oxygen atoms in total. The maximum absolute atomic E-state index is 13.8. The van der Waals surface area contributed by atoms with Crippen LogP contribution in [0.15, 0.2) is 64.7 Å². The highest BCUT2D eigenvalue weighted by Crippen LogP contribution is 2.26. The zero-order valence-corrected chi connectivity index (χ0v) is 19.4. The number of rotatable bonds is 7. The molecule has 0 spiro atoms. The van der Waals surface area contributed by atoms with Gasteiger partial charge in [-0.1, -0.05) is 6.07 Å². The van der Waals surface area contributed by atoms with Crippen LogP contribution < -0.4 is 5.32 Å². The minimum Gasteiger partial charge on any atom is -0.478 e. The van der Waals surface area contributed by atoms with Gasteiger partial charge in [0.2, 0.25) is 9.84 Å². The number of aromatic nitrogens is 3. The second kappa shape index (κ2) is 11.3. The topological polar surface area (TPSA) is 151 Å². The van der Waals surface area contributed by atoms with Crippen LogP contribution >= 0.6 is 0 Å². The molecule has 3 N–H and O–H groups in total. The fourth-order valence-electron chi connectivity index (χ4n) is 2.73. The molecule has 0 saturated heterocycles. The van der Waals surface area contributed by atoms with E-state index >= 15 is 0 Å². The van der Waals surface area contributed by atoms with Crippen molar-refractivity contribution in [2.75, 3.05) is 7.05 Å². The maximum atomic E-state index is 13.8. The highest BCUT2D eigenvalue weighted by atomic mass is 32.2. The Morgan fingerprint density at radius 3 is 2.26 bits per heavy atom. The summed E-state index contributed by atoms with van der Waals surface area (Å²) < 4.78 is 41.3. The van der Waals surface area contributed by atoms with E-state index in [1.807, 2.05) is 0 Å². The Morgan fingerprint density at radius 1 is 1.09 bits per heavy atom. The Kier molecular flexibility index (Phi) is 8.76. The van der Waals surface area contributed by atoms with Crippen molar-refractivity contribution in [3.63, 3.8) is 0 Å². The number of hydrogen-bond acceptors (Lipinski definition) is 7. The smallest absolute Gasteiger partial charge is 0.328 e. The number of halogens is 1. The number of sulfone groups is 1. The van der Waals surface area contributed by atoms with Crippen LogP contribution in [0, 0.1) is 19.7 Å². The summed E-state index contributed by atoms with van der Waals surface area (Å²) in [6, 6.07) is 8.83. The molecule has 2 aromatic heterocycles. The molecule has 0 aliphatic carbocycles. The maximum Gasteiger partial charge on any atom is 0.328 e. The van der Waals surface area contributed by atoms with Crippen molar-refractivity contribution in [3.05, 3.63) is 77.5 Å². The van der Waals surface area contributed by atoms with Gasteiger partial charge in [0, 0.05) is 36.7 Å². The first-order chi connectivity index (χ1) is 15.9. The van der Waals surface area contributed by atoms with Crippen molar-refractivity contribution < 1.29 is 32.6 Å². The molecular weight excluding hydrogens is 467 g/mol. The molecule has 1 aromatic carbocycles. The molecule has 0 unspecified atom stereocenters. The van der Waals surface area contributed by atoms with Crippen molar-refractivity contribution in [3.8, 4) is 5.69 Å². The van der Waals surface area contributed by atoms with Gasteiger partial charge in [-0.2, -0.15) is 5.10 Å². The molecule has 180 valence electrons. The Labute approximate surface area is 195 Å². The molecule has 12 heteroatoms. The monoisotopic (exact) mass is 490 g/mol. The quantitative estimate of drug-likeness (QED) is 0.424. The van der Waals surface area contributed by atoms with Gasteiger partial charge in [-0.15, -0.1) is 0 Å². The second-order valence-corrected chi connectivity index (χ2v) is 8.89. The summed E-state index contributed by atoms with van der Waals surface area (Å²) in [5, 5.41) is 22.9. The van der Waals surface area contributed by atoms with E-state index < -0.39 is 27.6 Å². The van der Waals surface area contributed by atoms with Gasteiger partial charge >= 0.3 is 11.9 Å². The molecule has 34 heavy (non-hydrogen) atoms. The van der Waals surface area contributed by atoms with Gasteiger partial charge in [0.1, 0.15) is 5.82 Å². The summed E-state index contributed by atoms with van der Waals surface area (Å²) in [7, 11) is -2.13. The van der Waals surface area contributed by atoms with Gasteiger partial charge < -0.3 is 15.5 Å². The summed E-state index contributed by atoms with van der Waals surface area (Å²) in [5.41, 5.74) is 2.35. The van der Waals surface area contributed by atoms with E-state index in [4.69, 9.17) is 10.2 Å². The minimum absolute atomic E-state index is 0.0258. The van der Waals surface area contributed by atoms with Crippen LogP contribution in [0.25, 0.3) is 5.69 Å². The van der Waals surface area contributed by atoms with Crippen LogP contribution in [-0.2, 0) is 26.0 Å². The first-order valence-electron chi connectivity index (χ1n) is 9.77. The van der Waals surface area contributed by atoms with Crippen LogP contribution in [0.2, 0.25) is 0 Å². The van der Waals surface area contributed by atoms with Gasteiger partial charge in [-0.25, -0.2) is 27.1 Å². The van der Waals surface area contributed by atoms with E-state index in [2.05, 4.69) is 15.4 Å². The summed E-state index contributed by atoms with van der Waals surface area (Å²) in [4.78, 5) is 23.2. The average Bonchev–Trinajstić information content (AvgIpc) is 3.19. The molecule has 3 aromatic rings. The average molecular weight is 491 g/mol. The molecular formula is C22H23FN4O6S. The second-order valence-electron chi connectivity index (χ2n) is 7.00. The third-order valence-electron chi connectivity index (χ3n) is 4.32. The number of nitrogens with one attached hydrogen (secondary N) is 1. The molecule has 0 saturated carbocycles. The normalized spacial score (nSPS) is 11.2. The third kappa shape index (κ3) is 6.80. The lowest BCUT2D eigenvalue weighted by molar-refractivity contribution is -0.134. The first kappa shape index (κ1) is 26.4.